The van der Waals surface area contributed by atoms with Crippen molar-refractivity contribution in [1.29, 1.82) is 0 Å². The summed E-state index contributed by atoms with van der Waals surface area (Å²) < 4.78 is 5.21. The molecule has 156 valence electrons. The quantitative estimate of drug-likeness (QED) is 0.402. The van der Waals surface area contributed by atoms with Gasteiger partial charge < -0.3 is 15.2 Å². The number of ether oxygens (including phenoxy) is 1. The molecule has 0 spiro atoms. The Kier molecular flexibility index (Phi) is 5.98. The molecule has 1 amide bonds. The lowest BCUT2D eigenvalue weighted by atomic mass is 9.95. The van der Waals surface area contributed by atoms with Crippen LogP contribution in [0, 0.1) is 0 Å². The van der Waals surface area contributed by atoms with Crippen molar-refractivity contribution in [2.24, 2.45) is 0 Å². The molecule has 0 fully saturated rings. The lowest BCUT2D eigenvalue weighted by molar-refractivity contribution is 0.0942. The van der Waals surface area contributed by atoms with Crippen molar-refractivity contribution in [2.75, 3.05) is 7.11 Å². The number of rotatable bonds is 5. The zero-order valence-corrected chi connectivity index (χ0v) is 18.0. The lowest BCUT2D eigenvalue weighted by Gasteiger charge is -2.23. The molecule has 7 heteroatoms. The maximum atomic E-state index is 13.1. The Morgan fingerprint density at radius 3 is 2.58 bits per heavy atom. The summed E-state index contributed by atoms with van der Waals surface area (Å²) in [6, 6.07) is 18.3. The zero-order chi connectivity index (χ0) is 22.0. The normalized spacial score (nSPS) is 11.8. The summed E-state index contributed by atoms with van der Waals surface area (Å²) in [6.45, 7) is 0. The highest BCUT2D eigenvalue weighted by Crippen LogP contribution is 2.40. The van der Waals surface area contributed by atoms with Crippen molar-refractivity contribution in [3.63, 3.8) is 0 Å². The summed E-state index contributed by atoms with van der Waals surface area (Å²) in [5.41, 5.74) is 1.75. The molecular formula is C24H18Cl2N2O3. The van der Waals surface area contributed by atoms with E-state index in [0.29, 0.717) is 43.4 Å². The van der Waals surface area contributed by atoms with Gasteiger partial charge in [-0.15, -0.1) is 0 Å². The highest BCUT2D eigenvalue weighted by molar-refractivity contribution is 6.35. The summed E-state index contributed by atoms with van der Waals surface area (Å²) in [6.07, 6.45) is 1.57. The number of fused-ring (bicyclic) bond motifs is 1. The first-order chi connectivity index (χ1) is 15.0. The molecule has 0 radical (unpaired) electrons. The van der Waals surface area contributed by atoms with E-state index in [1.54, 1.807) is 66.9 Å². The third-order valence-corrected chi connectivity index (χ3v) is 5.64. The smallest absolute Gasteiger partial charge is 0.252 e. The van der Waals surface area contributed by atoms with Crippen LogP contribution in [0.5, 0.6) is 11.5 Å². The minimum absolute atomic E-state index is 0.0733. The van der Waals surface area contributed by atoms with E-state index in [4.69, 9.17) is 27.9 Å². The number of aromatic hydroxyl groups is 1. The Morgan fingerprint density at radius 1 is 1.00 bits per heavy atom. The predicted octanol–water partition coefficient (Wildman–Crippen LogP) is 5.78. The van der Waals surface area contributed by atoms with Crippen LogP contribution >= 0.6 is 23.2 Å². The summed E-state index contributed by atoms with van der Waals surface area (Å²) in [7, 11) is 1.53. The molecule has 4 aromatic rings. The first-order valence-corrected chi connectivity index (χ1v) is 10.2. The van der Waals surface area contributed by atoms with Crippen molar-refractivity contribution in [1.82, 2.24) is 10.3 Å². The number of aromatic nitrogens is 1. The predicted molar refractivity (Wildman–Crippen MR) is 122 cm³/mol. The van der Waals surface area contributed by atoms with Gasteiger partial charge in [-0.1, -0.05) is 47.5 Å². The van der Waals surface area contributed by atoms with Gasteiger partial charge in [0.15, 0.2) is 0 Å². The van der Waals surface area contributed by atoms with E-state index >= 15 is 0 Å². The second-order valence-electron chi connectivity index (χ2n) is 6.86. The molecule has 1 atom stereocenters. The number of benzene rings is 3. The first-order valence-electron chi connectivity index (χ1n) is 9.45. The van der Waals surface area contributed by atoms with Gasteiger partial charge in [-0.05, 0) is 48.0 Å². The monoisotopic (exact) mass is 452 g/mol. The molecule has 0 saturated carbocycles. The zero-order valence-electron chi connectivity index (χ0n) is 16.5. The van der Waals surface area contributed by atoms with Crippen LogP contribution in [0.15, 0.2) is 72.9 Å². The van der Waals surface area contributed by atoms with Crippen LogP contribution < -0.4 is 10.1 Å². The molecule has 2 N–H and O–H groups in total. The standard InChI is InChI=1S/C24H18Cl2N2O3/c1-31-15-7-4-6-14(12-15)24(30)28-21(16-8-2-3-10-19(16)25)18-13-20(26)17-9-5-11-27-22(17)23(18)29/h2-13,21,29H,1H3,(H,28,30)/t21-/m0/s1. The number of nitrogens with one attached hydrogen (secondary N) is 1. The molecule has 0 unspecified atom stereocenters. The van der Waals surface area contributed by atoms with Crippen LogP contribution in [0.4, 0.5) is 0 Å². The van der Waals surface area contributed by atoms with Gasteiger partial charge in [0.1, 0.15) is 17.0 Å². The molecule has 0 bridgehead atoms. The Labute approximate surface area is 189 Å². The van der Waals surface area contributed by atoms with Crippen molar-refractivity contribution in [3.8, 4) is 11.5 Å². The van der Waals surface area contributed by atoms with Gasteiger partial charge >= 0.3 is 0 Å². The summed E-state index contributed by atoms with van der Waals surface area (Å²) >= 11 is 12.9. The van der Waals surface area contributed by atoms with Crippen LogP contribution in [0.3, 0.4) is 0 Å². The molecule has 3 aromatic carbocycles. The Morgan fingerprint density at radius 2 is 1.81 bits per heavy atom. The van der Waals surface area contributed by atoms with Gasteiger partial charge in [-0.3, -0.25) is 9.78 Å². The number of phenols is 1. The minimum Gasteiger partial charge on any atom is -0.505 e. The molecule has 0 aliphatic heterocycles. The van der Waals surface area contributed by atoms with Gasteiger partial charge in [0.25, 0.3) is 5.91 Å². The molecule has 0 saturated heterocycles. The first kappa shape index (κ1) is 21.0. The van der Waals surface area contributed by atoms with Crippen molar-refractivity contribution in [2.45, 2.75) is 6.04 Å². The van der Waals surface area contributed by atoms with E-state index in [1.165, 1.54) is 7.11 Å². The van der Waals surface area contributed by atoms with Crippen LogP contribution in [-0.2, 0) is 0 Å². The van der Waals surface area contributed by atoms with Gasteiger partial charge in [-0.2, -0.15) is 0 Å². The third kappa shape index (κ3) is 4.15. The Bertz CT molecular complexity index is 1280. The van der Waals surface area contributed by atoms with Gasteiger partial charge in [0, 0.05) is 27.7 Å². The van der Waals surface area contributed by atoms with Crippen LogP contribution in [0.2, 0.25) is 10.0 Å². The summed E-state index contributed by atoms with van der Waals surface area (Å²) in [5, 5.41) is 15.5. The largest absolute Gasteiger partial charge is 0.505 e. The number of phenolic OH excluding ortho intramolecular Hbond substituents is 1. The van der Waals surface area contributed by atoms with E-state index in [1.807, 2.05) is 6.07 Å². The number of halogens is 2. The molecular weight excluding hydrogens is 435 g/mol. The van der Waals surface area contributed by atoms with Gasteiger partial charge in [0.05, 0.1) is 18.2 Å². The van der Waals surface area contributed by atoms with E-state index in [-0.39, 0.29) is 11.7 Å². The van der Waals surface area contributed by atoms with Crippen LogP contribution in [-0.4, -0.2) is 23.1 Å². The average Bonchev–Trinajstić information content (AvgIpc) is 2.80. The number of pyridine rings is 1. The van der Waals surface area contributed by atoms with E-state index in [2.05, 4.69) is 10.3 Å². The average molecular weight is 453 g/mol. The molecule has 1 aromatic heterocycles. The Balaban J connectivity index is 1.85. The number of carbonyl (C=O) groups is 1. The van der Waals surface area contributed by atoms with Crippen LogP contribution in [0.1, 0.15) is 27.5 Å². The molecule has 0 aliphatic carbocycles. The number of nitrogens with zero attached hydrogens (tertiary/aromatic N) is 1. The fraction of sp³-hybridized carbons (Fsp3) is 0.0833. The fourth-order valence-electron chi connectivity index (χ4n) is 3.44. The summed E-state index contributed by atoms with van der Waals surface area (Å²) in [4.78, 5) is 17.4. The van der Waals surface area contributed by atoms with Crippen molar-refractivity contribution >= 4 is 40.0 Å². The molecule has 31 heavy (non-hydrogen) atoms. The summed E-state index contributed by atoms with van der Waals surface area (Å²) in [5.74, 6) is 0.124. The highest BCUT2D eigenvalue weighted by Gasteiger charge is 2.25. The van der Waals surface area contributed by atoms with Crippen molar-refractivity contribution in [3.05, 3.63) is 99.7 Å². The van der Waals surface area contributed by atoms with E-state index in [9.17, 15) is 9.90 Å². The van der Waals surface area contributed by atoms with Gasteiger partial charge in [0.2, 0.25) is 0 Å². The molecule has 5 nitrogen and oxygen atoms in total. The number of hydrogen-bond acceptors (Lipinski definition) is 4. The highest BCUT2D eigenvalue weighted by atomic mass is 35.5. The fourth-order valence-corrected chi connectivity index (χ4v) is 3.95. The van der Waals surface area contributed by atoms with E-state index < -0.39 is 6.04 Å². The number of carbonyl (C=O) groups excluding carboxylic acids is 1. The topological polar surface area (TPSA) is 71.5 Å². The second kappa shape index (κ2) is 8.84. The van der Waals surface area contributed by atoms with E-state index in [0.717, 1.165) is 0 Å². The van der Waals surface area contributed by atoms with Crippen LogP contribution in [0.25, 0.3) is 10.9 Å². The minimum atomic E-state index is -0.767. The molecule has 1 heterocycles. The maximum absolute atomic E-state index is 13.1. The SMILES string of the molecule is COc1cccc(C(=O)N[C@@H](c2ccccc2Cl)c2cc(Cl)c3cccnc3c2O)c1. The number of amides is 1. The second-order valence-corrected chi connectivity index (χ2v) is 7.67. The maximum Gasteiger partial charge on any atom is 0.252 e. The molecule has 0 aliphatic rings. The lowest BCUT2D eigenvalue weighted by Crippen LogP contribution is -2.29. The number of hydrogen-bond donors (Lipinski definition) is 2. The Hall–Kier alpha value is -3.28. The number of methoxy groups -OCH3 is 1. The van der Waals surface area contributed by atoms with Crippen molar-refractivity contribution < 1.29 is 14.6 Å². The van der Waals surface area contributed by atoms with Gasteiger partial charge in [-0.25, -0.2) is 0 Å². The third-order valence-electron chi connectivity index (χ3n) is 4.98. The molecule has 4 rings (SSSR count).